The van der Waals surface area contributed by atoms with Crippen molar-refractivity contribution in [1.82, 2.24) is 19.7 Å². The zero-order valence-electron chi connectivity index (χ0n) is 38.9. The number of aromatic nitrogens is 3. The molecule has 3 aliphatic heterocycles. The molecule has 10 rings (SSSR count). The van der Waals surface area contributed by atoms with Gasteiger partial charge in [0.25, 0.3) is 5.24 Å². The topological polar surface area (TPSA) is 125 Å². The van der Waals surface area contributed by atoms with Crippen molar-refractivity contribution in [1.29, 1.82) is 0 Å². The van der Waals surface area contributed by atoms with Crippen LogP contribution in [0.1, 0.15) is 43.5 Å². The van der Waals surface area contributed by atoms with Crippen molar-refractivity contribution < 1.29 is 36.9 Å². The molecule has 0 aliphatic carbocycles. The van der Waals surface area contributed by atoms with E-state index >= 15 is 9.18 Å². The van der Waals surface area contributed by atoms with Crippen molar-refractivity contribution in [2.75, 3.05) is 62.1 Å². The van der Waals surface area contributed by atoms with Crippen molar-refractivity contribution in [3.8, 4) is 11.5 Å². The first-order chi connectivity index (χ1) is 33.5. The van der Waals surface area contributed by atoms with Crippen LogP contribution in [0.4, 0.5) is 25.0 Å². The Morgan fingerprint density at radius 1 is 0.870 bits per heavy atom. The molecule has 0 bridgehead atoms. The van der Waals surface area contributed by atoms with Crippen molar-refractivity contribution in [2.24, 2.45) is 0 Å². The Morgan fingerprint density at radius 2 is 1.57 bits per heavy atom. The number of rotatable bonds is 14. The molecule has 3 fully saturated rings. The summed E-state index contributed by atoms with van der Waals surface area (Å²) in [5.41, 5.74) is 2.77. The third-order valence-electron chi connectivity index (χ3n) is 13.5. The van der Waals surface area contributed by atoms with Gasteiger partial charge in [0, 0.05) is 76.8 Å². The molecule has 0 saturated carbocycles. The van der Waals surface area contributed by atoms with Gasteiger partial charge in [0.15, 0.2) is 11.7 Å². The zero-order valence-corrected chi connectivity index (χ0v) is 39.7. The molecule has 5 heterocycles. The zero-order chi connectivity index (χ0) is 47.9. The number of carbonyl (C=O) groups excluding carboxylic acids is 1. The molecule has 69 heavy (non-hydrogen) atoms. The first kappa shape index (κ1) is 46.0. The van der Waals surface area contributed by atoms with Crippen molar-refractivity contribution in [3.63, 3.8) is 0 Å². The minimum absolute atomic E-state index is 0.0101. The lowest BCUT2D eigenvalue weighted by Gasteiger charge is -2.38. The smallest absolute Gasteiger partial charge is 0.273 e. The normalized spacial score (nSPS) is 22.7. The molecule has 3 saturated heterocycles. The number of methoxy groups -OCH3 is 1. The quantitative estimate of drug-likeness (QED) is 0.104. The number of nitrogens with zero attached hydrogens (tertiary/aromatic N) is 6. The van der Waals surface area contributed by atoms with Gasteiger partial charge in [-0.2, -0.15) is 5.10 Å². The average molecular weight is 957 g/mol. The minimum atomic E-state index is -2.31. The monoisotopic (exact) mass is 956 g/mol. The largest absolute Gasteiger partial charge is 0.496 e. The van der Waals surface area contributed by atoms with Crippen LogP contribution in [0.25, 0.3) is 11.0 Å². The maximum atomic E-state index is 15.2. The van der Waals surface area contributed by atoms with Gasteiger partial charge in [0.2, 0.25) is 0 Å². The van der Waals surface area contributed by atoms with Crippen molar-refractivity contribution in [3.05, 3.63) is 167 Å². The molecule has 0 spiro atoms. The summed E-state index contributed by atoms with van der Waals surface area (Å²) in [6.07, 6.45) is 4.31. The van der Waals surface area contributed by atoms with Crippen LogP contribution < -0.4 is 24.7 Å². The Bertz CT molecular complexity index is 3010. The summed E-state index contributed by atoms with van der Waals surface area (Å²) < 4.78 is 60.5. The summed E-state index contributed by atoms with van der Waals surface area (Å²) in [6, 6.07) is 32.8. The second-order valence-electron chi connectivity index (χ2n) is 17.9. The van der Waals surface area contributed by atoms with Gasteiger partial charge in [-0.1, -0.05) is 31.2 Å². The predicted molar refractivity (Wildman–Crippen MR) is 261 cm³/mol. The molecule has 3 aliphatic rings. The number of fused-ring (bicyclic) bond motifs is 1. The van der Waals surface area contributed by atoms with E-state index in [9.17, 15) is 9.18 Å². The molecule has 2 aromatic heterocycles. The van der Waals surface area contributed by atoms with Crippen molar-refractivity contribution in [2.45, 2.75) is 67.5 Å². The van der Waals surface area contributed by atoms with Crippen molar-refractivity contribution >= 4 is 37.6 Å². The highest BCUT2D eigenvalue weighted by Gasteiger charge is 2.52. The number of hydrogen-bond donors (Lipinski definition) is 0. The van der Waals surface area contributed by atoms with Crippen LogP contribution in [0.5, 0.6) is 11.5 Å². The number of anilines is 2. The van der Waals surface area contributed by atoms with E-state index < -0.39 is 39.6 Å². The maximum absolute atomic E-state index is 15.2. The van der Waals surface area contributed by atoms with Gasteiger partial charge in [-0.15, -0.1) is 10.0 Å². The Hall–Kier alpha value is -6.75. The predicted octanol–water partition coefficient (Wildman–Crippen LogP) is 9.72. The number of aryl methyl sites for hydroxylation is 1. The van der Waals surface area contributed by atoms with Crippen LogP contribution in [0.2, 0.25) is 0 Å². The van der Waals surface area contributed by atoms with Crippen LogP contribution in [0.3, 0.4) is 0 Å². The number of benzene rings is 5. The third kappa shape index (κ3) is 8.59. The molecule has 13 nitrogen and oxygen atoms in total. The molecule has 0 N–H and O–H groups in total. The molecule has 1 amide bonds. The number of hydrogen-bond acceptors (Lipinski definition) is 11. The molecule has 16 heteroatoms. The first-order valence-electron chi connectivity index (χ1n) is 23.2. The van der Waals surface area contributed by atoms with E-state index in [0.717, 1.165) is 59.0 Å². The van der Waals surface area contributed by atoms with Gasteiger partial charge in [-0.05, 0) is 98.6 Å². The van der Waals surface area contributed by atoms with E-state index in [0.29, 0.717) is 40.2 Å². The van der Waals surface area contributed by atoms with E-state index in [1.165, 1.54) is 29.5 Å². The summed E-state index contributed by atoms with van der Waals surface area (Å²) in [7, 11) is -0.700. The number of halogens is 2. The molecular weight excluding hydrogens is 903 g/mol. The van der Waals surface area contributed by atoms with Crippen LogP contribution in [0, 0.1) is 11.6 Å². The number of amides is 1. The highest BCUT2D eigenvalue weighted by molar-refractivity contribution is 8.45. The Kier molecular flexibility index (Phi) is 12.7. The molecule has 0 radical (unpaired) electrons. The van der Waals surface area contributed by atoms with Gasteiger partial charge in [-0.25, -0.2) is 18.4 Å². The molecule has 358 valence electrons. The van der Waals surface area contributed by atoms with E-state index in [1.54, 1.807) is 19.4 Å². The van der Waals surface area contributed by atoms with Crippen LogP contribution in [-0.4, -0.2) is 89.5 Å². The highest BCUT2D eigenvalue weighted by Crippen LogP contribution is 2.70. The Balaban J connectivity index is 0.813. The van der Waals surface area contributed by atoms with Crippen LogP contribution >= 0.6 is 10.0 Å². The summed E-state index contributed by atoms with van der Waals surface area (Å²) in [4.78, 5) is 42.1. The Morgan fingerprint density at radius 3 is 2.20 bits per heavy atom. The third-order valence-corrected chi connectivity index (χ3v) is 17.3. The fourth-order valence-corrected chi connectivity index (χ4v) is 13.9. The van der Waals surface area contributed by atoms with Crippen LogP contribution in [0.15, 0.2) is 147 Å². The summed E-state index contributed by atoms with van der Waals surface area (Å²) in [5, 5.41) is 4.68. The molecular formula is C53H54F2N6O7S. The van der Waals surface area contributed by atoms with E-state index in [1.807, 2.05) is 86.3 Å². The van der Waals surface area contributed by atoms with E-state index in [-0.39, 0.29) is 42.0 Å². The molecule has 2 unspecified atom stereocenters. The second-order valence-corrected chi connectivity index (χ2v) is 21.0. The SMILES string of the molecule is CCc1cc2c(=O)c(C3CS(c4ccccc4)(c4ccc(N5CCN(c6ccc(OC[C@H]7OC[C@](Cn8cncn8)(c8ccc(F)cc8F)O7)cc6)CC5)cc4)C(=O)N3C(C)C)coc2cc1OC. The summed E-state index contributed by atoms with van der Waals surface area (Å²) >= 11 is 0. The fourth-order valence-electron chi connectivity index (χ4n) is 10.0. The minimum Gasteiger partial charge on any atom is -0.496 e. The van der Waals surface area contributed by atoms with Crippen LogP contribution in [-0.2, 0) is 28.0 Å². The van der Waals surface area contributed by atoms with Gasteiger partial charge in [-0.3, -0.25) is 9.59 Å². The number of piperazine rings is 1. The highest BCUT2D eigenvalue weighted by atomic mass is 32.3. The van der Waals surface area contributed by atoms with Gasteiger partial charge in [0.05, 0.1) is 37.3 Å². The summed E-state index contributed by atoms with van der Waals surface area (Å²) in [5.74, 6) is 0.335. The fraction of sp³-hybridized carbons (Fsp3) is 0.321. The van der Waals surface area contributed by atoms with Gasteiger partial charge in [0.1, 0.15) is 59.8 Å². The van der Waals surface area contributed by atoms with Gasteiger partial charge < -0.3 is 38.1 Å². The lowest BCUT2D eigenvalue weighted by molar-refractivity contribution is -0.117. The molecule has 4 atom stereocenters. The molecule has 5 aromatic carbocycles. The summed E-state index contributed by atoms with van der Waals surface area (Å²) in [6.45, 7) is 9.39. The first-order valence-corrected chi connectivity index (χ1v) is 25.0. The maximum Gasteiger partial charge on any atom is 0.273 e. The Labute approximate surface area is 400 Å². The number of carbonyl (C=O) groups is 1. The second kappa shape index (κ2) is 19.0. The van der Waals surface area contributed by atoms with E-state index in [4.69, 9.17) is 23.4 Å². The average Bonchev–Trinajstić information content (AvgIpc) is 4.12. The number of ether oxygens (including phenoxy) is 4. The standard InChI is InChI=1S/C53H54F2N6O7S/c1-5-36-25-43-49(27-48(36)64-4)66-28-44(51(43)62)47-30-69(41-9-7-6-8-10-41,52(63)61(47)35(2)3)42-18-14-39(15-19-42)59-23-21-58(22-24-59)38-12-16-40(17-13-38)65-29-50-67-32-53(68-50,31-60-34-56-33-57-60)45-20-11-37(54)26-46(45)55/h6-20,25-28,33-35,47,50H,5,21-24,29-32H2,1-4H3/t47?,50-,53+/m0/s1. The lowest BCUT2D eigenvalue weighted by atomic mass is 9.94. The lowest BCUT2D eigenvalue weighted by Crippen LogP contribution is -2.46. The van der Waals surface area contributed by atoms with E-state index in [2.05, 4.69) is 44.1 Å². The van der Waals surface area contributed by atoms with Gasteiger partial charge >= 0.3 is 0 Å². The molecule has 7 aromatic rings.